The van der Waals surface area contributed by atoms with E-state index >= 15 is 0 Å². The molecule has 3 aromatic rings. The summed E-state index contributed by atoms with van der Waals surface area (Å²) >= 11 is 11.6. The van der Waals surface area contributed by atoms with E-state index in [4.69, 9.17) is 23.2 Å². The highest BCUT2D eigenvalue weighted by Crippen LogP contribution is 2.36. The average molecular weight is 446 g/mol. The Bertz CT molecular complexity index is 1060. The van der Waals surface area contributed by atoms with Crippen LogP contribution in [0.4, 0.5) is 42.1 Å². The van der Waals surface area contributed by atoms with Gasteiger partial charge in [-0.25, -0.2) is 19.9 Å². The van der Waals surface area contributed by atoms with Crippen molar-refractivity contribution < 1.29 is 18.1 Å². The van der Waals surface area contributed by atoms with Crippen molar-refractivity contribution in [3.8, 4) is 0 Å². The molecule has 0 radical (unpaired) electrons. The number of hydrogen-bond donors (Lipinski definition) is 2. The molecule has 0 aromatic carbocycles. The molecule has 2 N–H and O–H groups in total. The summed E-state index contributed by atoms with van der Waals surface area (Å²) in [6.07, 6.45) is -1.77. The summed E-state index contributed by atoms with van der Waals surface area (Å²) in [5.41, 5.74) is -1.66. The molecule has 0 unspecified atom stereocenters. The van der Waals surface area contributed by atoms with Crippen molar-refractivity contribution >= 4 is 52.2 Å². The highest BCUT2D eigenvalue weighted by atomic mass is 35.5. The Hall–Kier alpha value is -3.25. The average Bonchev–Trinajstić information content (AvgIpc) is 2.64. The molecule has 0 atom stereocenters. The van der Waals surface area contributed by atoms with Crippen LogP contribution in [-0.4, -0.2) is 24.9 Å². The number of nitrogens with zero attached hydrogens (tertiary/aromatic N) is 5. The first-order valence-corrected chi connectivity index (χ1v) is 8.28. The minimum absolute atomic E-state index is 0.216. The smallest absolute Gasteiger partial charge is 0.319 e. The molecule has 0 spiro atoms. The third kappa shape index (κ3) is 4.78. The fraction of sp³-hybridized carbons (Fsp3) is 0.0667. The van der Waals surface area contributed by atoms with Gasteiger partial charge in [0.15, 0.2) is 5.82 Å². The van der Waals surface area contributed by atoms with E-state index in [0.29, 0.717) is 17.3 Å². The van der Waals surface area contributed by atoms with E-state index in [0.717, 1.165) is 6.33 Å². The first-order chi connectivity index (χ1) is 13.6. The highest BCUT2D eigenvalue weighted by Gasteiger charge is 2.32. The Morgan fingerprint density at radius 2 is 1.66 bits per heavy atom. The summed E-state index contributed by atoms with van der Waals surface area (Å²) in [5.74, 6) is -0.592. The number of anilines is 4. The number of nitrogens with one attached hydrogen (secondary N) is 2. The second-order valence-electron chi connectivity index (χ2n) is 5.34. The summed E-state index contributed by atoms with van der Waals surface area (Å²) in [4.78, 5) is 25.9. The van der Waals surface area contributed by atoms with E-state index in [1.165, 1.54) is 18.3 Å². The van der Waals surface area contributed by atoms with E-state index in [-0.39, 0.29) is 23.3 Å². The van der Waals surface area contributed by atoms with Crippen LogP contribution in [0, 0.1) is 10.1 Å². The van der Waals surface area contributed by atoms with Crippen LogP contribution < -0.4 is 10.6 Å². The van der Waals surface area contributed by atoms with Crippen LogP contribution in [0.1, 0.15) is 5.56 Å². The molecule has 3 aromatic heterocycles. The van der Waals surface area contributed by atoms with Crippen LogP contribution in [-0.2, 0) is 6.18 Å². The quantitative estimate of drug-likeness (QED) is 0.416. The molecular formula is C15H8Cl2F3N7O2. The molecule has 9 nitrogen and oxygen atoms in total. The lowest BCUT2D eigenvalue weighted by Gasteiger charge is -2.11. The van der Waals surface area contributed by atoms with Crippen molar-refractivity contribution in [2.45, 2.75) is 6.18 Å². The maximum atomic E-state index is 12.7. The molecule has 0 aliphatic carbocycles. The van der Waals surface area contributed by atoms with Gasteiger partial charge in [0.25, 0.3) is 0 Å². The monoisotopic (exact) mass is 445 g/mol. The van der Waals surface area contributed by atoms with Gasteiger partial charge in [-0.1, -0.05) is 23.2 Å². The zero-order valence-corrected chi connectivity index (χ0v) is 15.4. The second kappa shape index (κ2) is 8.01. The molecule has 0 amide bonds. The third-order valence-corrected chi connectivity index (χ3v) is 3.90. The van der Waals surface area contributed by atoms with Gasteiger partial charge in [0.05, 0.1) is 20.5 Å². The van der Waals surface area contributed by atoms with E-state index in [2.05, 4.69) is 30.6 Å². The molecule has 0 saturated heterocycles. The van der Waals surface area contributed by atoms with Crippen LogP contribution >= 0.6 is 23.2 Å². The summed E-state index contributed by atoms with van der Waals surface area (Å²) in [6.45, 7) is 0. The number of pyridine rings is 2. The fourth-order valence-corrected chi connectivity index (χ4v) is 2.43. The van der Waals surface area contributed by atoms with Crippen LogP contribution in [0.15, 0.2) is 36.9 Å². The Kier molecular flexibility index (Phi) is 5.66. The van der Waals surface area contributed by atoms with Gasteiger partial charge >= 0.3 is 11.9 Å². The summed E-state index contributed by atoms with van der Waals surface area (Å²) in [5, 5.41) is 16.6. The van der Waals surface area contributed by atoms with Crippen molar-refractivity contribution in [3.63, 3.8) is 0 Å². The molecule has 3 rings (SSSR count). The van der Waals surface area contributed by atoms with E-state index < -0.39 is 27.4 Å². The second-order valence-corrected chi connectivity index (χ2v) is 6.18. The van der Waals surface area contributed by atoms with Gasteiger partial charge in [-0.15, -0.1) is 0 Å². The molecule has 14 heteroatoms. The first kappa shape index (κ1) is 20.5. The van der Waals surface area contributed by atoms with Gasteiger partial charge in [-0.05, 0) is 18.2 Å². The predicted molar refractivity (Wildman–Crippen MR) is 98.7 cm³/mol. The topological polar surface area (TPSA) is 119 Å². The number of hydrogen-bond acceptors (Lipinski definition) is 8. The Morgan fingerprint density at radius 1 is 0.966 bits per heavy atom. The zero-order valence-electron chi connectivity index (χ0n) is 13.9. The Balaban J connectivity index is 1.96. The van der Waals surface area contributed by atoms with Gasteiger partial charge in [0.2, 0.25) is 11.6 Å². The van der Waals surface area contributed by atoms with Crippen molar-refractivity contribution in [3.05, 3.63) is 62.6 Å². The van der Waals surface area contributed by atoms with Gasteiger partial charge in [-0.3, -0.25) is 10.1 Å². The molecule has 0 fully saturated rings. The maximum Gasteiger partial charge on any atom is 0.417 e. The third-order valence-electron chi connectivity index (χ3n) is 3.38. The molecule has 29 heavy (non-hydrogen) atoms. The van der Waals surface area contributed by atoms with E-state index in [1.807, 2.05) is 0 Å². The predicted octanol–water partition coefficient (Wildman–Crippen LogP) is 4.99. The Labute approximate surface area is 170 Å². The zero-order chi connectivity index (χ0) is 21.2. The van der Waals surface area contributed by atoms with Crippen molar-refractivity contribution in [1.82, 2.24) is 19.9 Å². The van der Waals surface area contributed by atoms with Gasteiger partial charge < -0.3 is 10.6 Å². The van der Waals surface area contributed by atoms with Gasteiger partial charge in [-0.2, -0.15) is 13.2 Å². The lowest BCUT2D eigenvalue weighted by atomic mass is 10.2. The van der Waals surface area contributed by atoms with E-state index in [1.54, 1.807) is 0 Å². The minimum atomic E-state index is -4.64. The highest BCUT2D eigenvalue weighted by molar-refractivity contribution is 6.33. The van der Waals surface area contributed by atoms with Crippen molar-refractivity contribution in [1.29, 1.82) is 0 Å². The van der Waals surface area contributed by atoms with Crippen LogP contribution in [0.5, 0.6) is 0 Å². The molecule has 3 heterocycles. The van der Waals surface area contributed by atoms with Crippen molar-refractivity contribution in [2.24, 2.45) is 0 Å². The summed E-state index contributed by atoms with van der Waals surface area (Å²) < 4.78 is 38.2. The number of aromatic nitrogens is 4. The molecule has 0 aliphatic rings. The van der Waals surface area contributed by atoms with Crippen LogP contribution in [0.2, 0.25) is 10.0 Å². The number of alkyl halides is 3. The van der Waals surface area contributed by atoms with Crippen LogP contribution in [0.3, 0.4) is 0 Å². The summed E-state index contributed by atoms with van der Waals surface area (Å²) in [7, 11) is 0. The minimum Gasteiger partial charge on any atom is -0.319 e. The number of rotatable bonds is 5. The number of nitro groups is 1. The standard InChI is InChI=1S/C15H8Cl2F3N7O2/c16-8-1-2-10(21-5-8)25-13-11(27(28)29)14(24-6-23-13)26-12-9(17)3-7(4-22-12)15(18,19)20/h1-6H,(H2,21,22,23,24,25,26). The lowest BCUT2D eigenvalue weighted by molar-refractivity contribution is -0.383. The molecule has 0 aliphatic heterocycles. The van der Waals surface area contributed by atoms with Crippen LogP contribution in [0.25, 0.3) is 0 Å². The molecule has 0 bridgehead atoms. The molecular weight excluding hydrogens is 438 g/mol. The normalized spacial score (nSPS) is 11.2. The first-order valence-electron chi connectivity index (χ1n) is 7.53. The van der Waals surface area contributed by atoms with E-state index in [9.17, 15) is 23.3 Å². The summed E-state index contributed by atoms with van der Waals surface area (Å²) in [6, 6.07) is 3.62. The largest absolute Gasteiger partial charge is 0.417 e. The number of halogens is 5. The Morgan fingerprint density at radius 3 is 2.21 bits per heavy atom. The SMILES string of the molecule is O=[N+]([O-])c1c(Nc2ccc(Cl)cn2)ncnc1Nc1ncc(C(F)(F)F)cc1Cl. The van der Waals surface area contributed by atoms with Gasteiger partial charge in [0.1, 0.15) is 12.1 Å². The fourth-order valence-electron chi connectivity index (χ4n) is 2.10. The lowest BCUT2D eigenvalue weighted by Crippen LogP contribution is -2.09. The maximum absolute atomic E-state index is 12.7. The molecule has 0 saturated carbocycles. The van der Waals surface area contributed by atoms with Gasteiger partial charge in [0, 0.05) is 12.4 Å². The van der Waals surface area contributed by atoms with Crippen molar-refractivity contribution in [2.75, 3.05) is 10.6 Å². The molecule has 150 valence electrons.